The molecule has 3 rings (SSSR count). The minimum Gasteiger partial charge on any atom is -0.497 e. The van der Waals surface area contributed by atoms with E-state index in [1.165, 1.54) is 11.8 Å². The van der Waals surface area contributed by atoms with Gasteiger partial charge in [-0.05, 0) is 17.9 Å². The van der Waals surface area contributed by atoms with E-state index in [0.29, 0.717) is 6.61 Å². The lowest BCUT2D eigenvalue weighted by atomic mass is 9.99. The van der Waals surface area contributed by atoms with Gasteiger partial charge >= 0.3 is 0 Å². The van der Waals surface area contributed by atoms with Gasteiger partial charge in [0.05, 0.1) is 13.7 Å². The summed E-state index contributed by atoms with van der Waals surface area (Å²) in [7, 11) is 1.61. The van der Waals surface area contributed by atoms with Crippen molar-refractivity contribution in [1.82, 2.24) is 0 Å². The fraction of sp³-hybridized carbons (Fsp3) is 0.625. The zero-order valence-corrected chi connectivity index (χ0v) is 13.9. The average molecular weight is 342 g/mol. The third-order valence-corrected chi connectivity index (χ3v) is 5.10. The van der Waals surface area contributed by atoms with E-state index in [2.05, 4.69) is 0 Å². The van der Waals surface area contributed by atoms with Crippen LogP contribution in [-0.4, -0.2) is 59.5 Å². The van der Waals surface area contributed by atoms with Crippen LogP contribution in [0.2, 0.25) is 0 Å². The second-order valence-electron chi connectivity index (χ2n) is 5.52. The highest BCUT2D eigenvalue weighted by Crippen LogP contribution is 2.36. The lowest BCUT2D eigenvalue weighted by Gasteiger charge is -2.46. The molecule has 2 saturated heterocycles. The van der Waals surface area contributed by atoms with E-state index < -0.39 is 30.0 Å². The van der Waals surface area contributed by atoms with E-state index in [-0.39, 0.29) is 6.10 Å². The van der Waals surface area contributed by atoms with Crippen LogP contribution in [0, 0.1) is 0 Å². The number of aliphatic hydroxyl groups excluding tert-OH is 2. The van der Waals surface area contributed by atoms with E-state index in [4.69, 9.17) is 18.9 Å². The van der Waals surface area contributed by atoms with Crippen LogP contribution in [-0.2, 0) is 14.2 Å². The van der Waals surface area contributed by atoms with E-state index in [1.54, 1.807) is 7.11 Å². The highest BCUT2D eigenvalue weighted by Gasteiger charge is 2.48. The molecule has 0 bridgehead atoms. The van der Waals surface area contributed by atoms with Gasteiger partial charge in [0.2, 0.25) is 0 Å². The Morgan fingerprint density at radius 1 is 1.17 bits per heavy atom. The monoisotopic (exact) mass is 342 g/mol. The molecule has 7 heteroatoms. The summed E-state index contributed by atoms with van der Waals surface area (Å²) in [6.45, 7) is 2.29. The number of methoxy groups -OCH3 is 1. The topological polar surface area (TPSA) is 77.4 Å². The first-order valence-electron chi connectivity index (χ1n) is 7.68. The molecule has 0 spiro atoms. The van der Waals surface area contributed by atoms with Crippen molar-refractivity contribution in [2.24, 2.45) is 0 Å². The molecule has 2 aliphatic rings. The predicted octanol–water partition coefficient (Wildman–Crippen LogP) is 1.31. The molecule has 1 aromatic rings. The largest absolute Gasteiger partial charge is 0.497 e. The zero-order valence-electron chi connectivity index (χ0n) is 13.1. The van der Waals surface area contributed by atoms with Crippen molar-refractivity contribution in [2.75, 3.05) is 19.5 Å². The van der Waals surface area contributed by atoms with Gasteiger partial charge in [-0.15, -0.1) is 11.8 Å². The Morgan fingerprint density at radius 3 is 2.57 bits per heavy atom. The van der Waals surface area contributed by atoms with Crippen molar-refractivity contribution in [3.63, 3.8) is 0 Å². The minimum absolute atomic E-state index is 0.311. The maximum Gasteiger partial charge on any atom is 0.184 e. The molecule has 0 aliphatic carbocycles. The fourth-order valence-corrected chi connectivity index (χ4v) is 3.72. The number of hydrogen-bond acceptors (Lipinski definition) is 7. The summed E-state index contributed by atoms with van der Waals surface area (Å²) in [6.07, 6.45) is -3.56. The maximum absolute atomic E-state index is 10.4. The summed E-state index contributed by atoms with van der Waals surface area (Å²) in [5.41, 5.74) is 0.372. The summed E-state index contributed by atoms with van der Waals surface area (Å²) in [5.74, 6) is 1.54. The van der Waals surface area contributed by atoms with Crippen LogP contribution in [0.3, 0.4) is 0 Å². The van der Waals surface area contributed by atoms with Crippen LogP contribution in [0.15, 0.2) is 24.3 Å². The van der Waals surface area contributed by atoms with Gasteiger partial charge in [-0.25, -0.2) is 0 Å². The summed E-state index contributed by atoms with van der Waals surface area (Å²) in [6, 6.07) is 7.35. The van der Waals surface area contributed by atoms with Crippen LogP contribution in [0.4, 0.5) is 0 Å². The van der Waals surface area contributed by atoms with E-state index in [1.807, 2.05) is 31.2 Å². The van der Waals surface area contributed by atoms with Gasteiger partial charge in [-0.3, -0.25) is 0 Å². The first kappa shape index (κ1) is 17.0. The van der Waals surface area contributed by atoms with Crippen molar-refractivity contribution in [3.05, 3.63) is 29.8 Å². The van der Waals surface area contributed by atoms with Crippen molar-refractivity contribution in [1.29, 1.82) is 0 Å². The maximum atomic E-state index is 10.4. The molecule has 0 radical (unpaired) electrons. The molecule has 128 valence electrons. The van der Waals surface area contributed by atoms with Crippen LogP contribution < -0.4 is 4.74 Å². The van der Waals surface area contributed by atoms with Crippen LogP contribution in [0.25, 0.3) is 0 Å². The predicted molar refractivity (Wildman–Crippen MR) is 85.4 cm³/mol. The first-order valence-corrected chi connectivity index (χ1v) is 8.73. The van der Waals surface area contributed by atoms with E-state index in [9.17, 15) is 10.2 Å². The molecule has 23 heavy (non-hydrogen) atoms. The number of rotatable bonds is 4. The Hall–Kier alpha value is -0.830. The number of hydrogen-bond donors (Lipinski definition) is 2. The number of aliphatic hydroxyl groups is 2. The van der Waals surface area contributed by atoms with Crippen molar-refractivity contribution in [2.45, 2.75) is 43.1 Å². The van der Waals surface area contributed by atoms with Crippen LogP contribution in [0.1, 0.15) is 18.8 Å². The smallest absolute Gasteiger partial charge is 0.184 e. The molecule has 1 unspecified atom stereocenters. The molecular weight excluding hydrogens is 320 g/mol. The van der Waals surface area contributed by atoms with Crippen molar-refractivity contribution >= 4 is 11.8 Å². The van der Waals surface area contributed by atoms with Gasteiger partial charge in [-0.1, -0.05) is 19.1 Å². The summed E-state index contributed by atoms with van der Waals surface area (Å²) >= 11 is 1.46. The molecule has 1 aromatic carbocycles. The Labute approximate surface area is 139 Å². The van der Waals surface area contributed by atoms with Crippen LogP contribution >= 0.6 is 11.8 Å². The Morgan fingerprint density at radius 2 is 1.91 bits per heavy atom. The van der Waals surface area contributed by atoms with Gasteiger partial charge in [0.15, 0.2) is 6.29 Å². The van der Waals surface area contributed by atoms with Gasteiger partial charge in [-0.2, -0.15) is 0 Å². The third kappa shape index (κ3) is 3.50. The number of fused-ring (bicyclic) bond motifs is 1. The number of thioether (sulfide) groups is 1. The van der Waals surface area contributed by atoms with Gasteiger partial charge < -0.3 is 29.2 Å². The molecule has 6 atom stereocenters. The van der Waals surface area contributed by atoms with Gasteiger partial charge in [0, 0.05) is 5.56 Å². The Kier molecular flexibility index (Phi) is 5.45. The quantitative estimate of drug-likeness (QED) is 0.854. The highest BCUT2D eigenvalue weighted by atomic mass is 32.2. The van der Waals surface area contributed by atoms with Crippen molar-refractivity contribution < 1.29 is 29.2 Å². The molecule has 2 fully saturated rings. The summed E-state index contributed by atoms with van der Waals surface area (Å²) in [5, 5.41) is 20.6. The second-order valence-corrected chi connectivity index (χ2v) is 6.89. The molecule has 6 nitrogen and oxygen atoms in total. The fourth-order valence-electron chi connectivity index (χ4n) is 2.81. The van der Waals surface area contributed by atoms with E-state index in [0.717, 1.165) is 17.1 Å². The number of benzene rings is 1. The second kappa shape index (κ2) is 7.38. The van der Waals surface area contributed by atoms with E-state index >= 15 is 0 Å². The SMILES string of the molecule is CCS[C@@H]1O[C@@H]2COC(c3ccc(OC)cc3)O[C@@H]2[C@H](O)[C@H]1O. The molecular formula is C16H22O6S. The van der Waals surface area contributed by atoms with Crippen LogP contribution in [0.5, 0.6) is 5.75 Å². The average Bonchev–Trinajstić information content (AvgIpc) is 2.59. The summed E-state index contributed by atoms with van der Waals surface area (Å²) < 4.78 is 22.5. The first-order chi connectivity index (χ1) is 11.1. The van der Waals surface area contributed by atoms with Gasteiger partial charge in [0.25, 0.3) is 0 Å². The lowest BCUT2D eigenvalue weighted by molar-refractivity contribution is -0.318. The molecule has 0 amide bonds. The minimum atomic E-state index is -0.998. The molecule has 0 aromatic heterocycles. The summed E-state index contributed by atoms with van der Waals surface area (Å²) in [4.78, 5) is 0. The third-order valence-electron chi connectivity index (χ3n) is 4.05. The Balaban J connectivity index is 1.69. The highest BCUT2D eigenvalue weighted by molar-refractivity contribution is 7.99. The van der Waals surface area contributed by atoms with Crippen molar-refractivity contribution in [3.8, 4) is 5.75 Å². The molecule has 2 aliphatic heterocycles. The lowest BCUT2D eigenvalue weighted by Crippen LogP contribution is -2.60. The molecule has 2 N–H and O–H groups in total. The van der Waals surface area contributed by atoms with Gasteiger partial charge in [0.1, 0.15) is 35.6 Å². The standard InChI is InChI=1S/C16H22O6S/c1-3-23-16-13(18)12(17)14-11(21-16)8-20-15(22-14)9-4-6-10(19-2)7-5-9/h4-7,11-18H,3,8H2,1-2H3/t11-,12-,13-,14+,15?,16+/m1/s1. The zero-order chi connectivity index (χ0) is 16.4. The molecule has 2 heterocycles. The molecule has 0 saturated carbocycles. The Bertz CT molecular complexity index is 508. The number of ether oxygens (including phenoxy) is 4. The normalized spacial score (nSPS) is 37.2.